The number of rotatable bonds is 3. The molecule has 1 aliphatic rings. The molecule has 0 bridgehead atoms. The minimum atomic E-state index is 0.365. The van der Waals surface area contributed by atoms with Gasteiger partial charge in [-0.15, -0.1) is 0 Å². The summed E-state index contributed by atoms with van der Waals surface area (Å²) in [7, 11) is 0. The predicted molar refractivity (Wildman–Crippen MR) is 71.2 cm³/mol. The normalized spacial score (nSPS) is 20.2. The molecule has 1 aromatic rings. The number of nitrogen functional groups attached to an aromatic ring is 1. The third kappa shape index (κ3) is 2.21. The molecule has 2 heterocycles. The van der Waals surface area contributed by atoms with Gasteiger partial charge in [0.15, 0.2) is 0 Å². The van der Waals surface area contributed by atoms with Crippen molar-refractivity contribution in [1.29, 1.82) is 0 Å². The summed E-state index contributed by atoms with van der Waals surface area (Å²) in [6.45, 7) is 7.63. The predicted octanol–water partition coefficient (Wildman–Crippen LogP) is 2.56. The van der Waals surface area contributed by atoms with E-state index in [9.17, 15) is 0 Å². The topological polar surface area (TPSA) is 55.0 Å². The summed E-state index contributed by atoms with van der Waals surface area (Å²) in [6.07, 6.45) is 5.26. The van der Waals surface area contributed by atoms with Gasteiger partial charge in [0.2, 0.25) is 0 Å². The van der Waals surface area contributed by atoms with Crippen molar-refractivity contribution in [1.82, 2.24) is 9.97 Å². The molecule has 1 atom stereocenters. The summed E-state index contributed by atoms with van der Waals surface area (Å²) in [6, 6.07) is 0.613. The summed E-state index contributed by atoms with van der Waals surface area (Å²) in [5.41, 5.74) is 7.10. The number of hydrogen-bond donors (Lipinski definition) is 1. The summed E-state index contributed by atoms with van der Waals surface area (Å²) < 4.78 is 0. The monoisotopic (exact) mass is 234 g/mol. The van der Waals surface area contributed by atoms with Gasteiger partial charge >= 0.3 is 0 Å². The Morgan fingerprint density at radius 2 is 2.24 bits per heavy atom. The van der Waals surface area contributed by atoms with E-state index in [0.29, 0.717) is 17.8 Å². The highest BCUT2D eigenvalue weighted by Gasteiger charge is 2.27. The Balaban J connectivity index is 2.40. The first-order valence-electron chi connectivity index (χ1n) is 6.52. The Morgan fingerprint density at radius 1 is 1.47 bits per heavy atom. The van der Waals surface area contributed by atoms with Crippen molar-refractivity contribution in [2.24, 2.45) is 0 Å². The van der Waals surface area contributed by atoms with Gasteiger partial charge in [-0.2, -0.15) is 0 Å². The maximum Gasteiger partial charge on any atom is 0.137 e. The van der Waals surface area contributed by atoms with Crippen LogP contribution in [0.5, 0.6) is 0 Å². The number of hydrogen-bond acceptors (Lipinski definition) is 4. The second kappa shape index (κ2) is 4.90. The maximum atomic E-state index is 6.00. The van der Waals surface area contributed by atoms with Gasteiger partial charge in [-0.05, 0) is 25.2 Å². The number of anilines is 2. The zero-order valence-electron chi connectivity index (χ0n) is 11.0. The SMILES string of the molecule is CCC1CCCN1c1ncnc(N)c1C(C)C. The minimum Gasteiger partial charge on any atom is -0.383 e. The van der Waals surface area contributed by atoms with Gasteiger partial charge in [0.25, 0.3) is 0 Å². The van der Waals surface area contributed by atoms with Crippen LogP contribution in [0.15, 0.2) is 6.33 Å². The highest BCUT2D eigenvalue weighted by Crippen LogP contribution is 2.34. The first kappa shape index (κ1) is 12.1. The fourth-order valence-electron chi connectivity index (χ4n) is 2.72. The van der Waals surface area contributed by atoms with Gasteiger partial charge in [-0.1, -0.05) is 20.8 Å². The molecule has 17 heavy (non-hydrogen) atoms. The third-order valence-corrected chi connectivity index (χ3v) is 3.59. The maximum absolute atomic E-state index is 6.00. The number of aromatic nitrogens is 2. The molecule has 0 aliphatic carbocycles. The first-order valence-corrected chi connectivity index (χ1v) is 6.52. The summed E-state index contributed by atoms with van der Waals surface area (Å²) in [4.78, 5) is 11.0. The van der Waals surface area contributed by atoms with Crippen molar-refractivity contribution in [2.45, 2.75) is 52.0 Å². The summed E-state index contributed by atoms with van der Waals surface area (Å²) >= 11 is 0. The molecular weight excluding hydrogens is 212 g/mol. The van der Waals surface area contributed by atoms with Crippen LogP contribution < -0.4 is 10.6 Å². The molecule has 1 saturated heterocycles. The Kier molecular flexibility index (Phi) is 3.50. The Bertz CT molecular complexity index is 389. The molecule has 0 amide bonds. The second-order valence-corrected chi connectivity index (χ2v) is 5.05. The van der Waals surface area contributed by atoms with Gasteiger partial charge < -0.3 is 10.6 Å². The molecule has 1 fully saturated rings. The lowest BCUT2D eigenvalue weighted by atomic mass is 10.0. The molecule has 2 N–H and O–H groups in total. The molecule has 1 aromatic heterocycles. The lowest BCUT2D eigenvalue weighted by Crippen LogP contribution is -2.30. The van der Waals surface area contributed by atoms with Crippen LogP contribution in [-0.4, -0.2) is 22.6 Å². The summed E-state index contributed by atoms with van der Waals surface area (Å²) in [5, 5.41) is 0. The van der Waals surface area contributed by atoms with E-state index in [1.165, 1.54) is 19.3 Å². The molecule has 4 nitrogen and oxygen atoms in total. The van der Waals surface area contributed by atoms with E-state index in [1.807, 2.05) is 0 Å². The Labute approximate surface area is 103 Å². The molecule has 2 rings (SSSR count). The van der Waals surface area contributed by atoms with Crippen molar-refractivity contribution in [3.05, 3.63) is 11.9 Å². The van der Waals surface area contributed by atoms with Crippen molar-refractivity contribution in [3.63, 3.8) is 0 Å². The average Bonchev–Trinajstić information content (AvgIpc) is 2.75. The fourth-order valence-corrected chi connectivity index (χ4v) is 2.72. The molecule has 0 aromatic carbocycles. The lowest BCUT2D eigenvalue weighted by Gasteiger charge is -2.28. The molecular formula is C13H22N4. The van der Waals surface area contributed by atoms with E-state index < -0.39 is 0 Å². The zero-order valence-corrected chi connectivity index (χ0v) is 11.0. The van der Waals surface area contributed by atoms with Crippen LogP contribution >= 0.6 is 0 Å². The van der Waals surface area contributed by atoms with Gasteiger partial charge in [0.05, 0.1) is 0 Å². The van der Waals surface area contributed by atoms with Gasteiger partial charge in [-0.25, -0.2) is 9.97 Å². The van der Waals surface area contributed by atoms with E-state index in [4.69, 9.17) is 5.73 Å². The first-order chi connectivity index (χ1) is 8.15. The van der Waals surface area contributed by atoms with Gasteiger partial charge in [-0.3, -0.25) is 0 Å². The van der Waals surface area contributed by atoms with Crippen LogP contribution in [0.2, 0.25) is 0 Å². The zero-order chi connectivity index (χ0) is 12.4. The average molecular weight is 234 g/mol. The fraction of sp³-hybridized carbons (Fsp3) is 0.692. The van der Waals surface area contributed by atoms with Gasteiger partial charge in [0.1, 0.15) is 18.0 Å². The van der Waals surface area contributed by atoms with Crippen molar-refractivity contribution >= 4 is 11.6 Å². The van der Waals surface area contributed by atoms with Crippen LogP contribution in [0.25, 0.3) is 0 Å². The van der Waals surface area contributed by atoms with E-state index in [0.717, 1.165) is 17.9 Å². The van der Waals surface area contributed by atoms with Crippen LogP contribution in [0.4, 0.5) is 11.6 Å². The Morgan fingerprint density at radius 3 is 2.88 bits per heavy atom. The number of nitrogens with two attached hydrogens (primary N) is 1. The minimum absolute atomic E-state index is 0.365. The van der Waals surface area contributed by atoms with E-state index >= 15 is 0 Å². The number of nitrogens with zero attached hydrogens (tertiary/aromatic N) is 3. The highest BCUT2D eigenvalue weighted by atomic mass is 15.2. The molecule has 0 radical (unpaired) electrons. The molecule has 4 heteroatoms. The standard InChI is InChI=1S/C13H22N4/c1-4-10-6-5-7-17(10)13-11(9(2)3)12(14)15-8-16-13/h8-10H,4-7H2,1-3H3,(H2,14,15,16). The van der Waals surface area contributed by atoms with Crippen molar-refractivity contribution < 1.29 is 0 Å². The highest BCUT2D eigenvalue weighted by molar-refractivity contribution is 5.59. The second-order valence-electron chi connectivity index (χ2n) is 5.05. The molecule has 0 spiro atoms. The van der Waals surface area contributed by atoms with Crippen LogP contribution in [0, 0.1) is 0 Å². The molecule has 0 saturated carbocycles. The van der Waals surface area contributed by atoms with Crippen LogP contribution in [-0.2, 0) is 0 Å². The van der Waals surface area contributed by atoms with E-state index in [-0.39, 0.29) is 0 Å². The van der Waals surface area contributed by atoms with E-state index in [1.54, 1.807) is 6.33 Å². The smallest absolute Gasteiger partial charge is 0.137 e. The lowest BCUT2D eigenvalue weighted by molar-refractivity contribution is 0.635. The van der Waals surface area contributed by atoms with Crippen molar-refractivity contribution in [2.75, 3.05) is 17.2 Å². The van der Waals surface area contributed by atoms with Crippen LogP contribution in [0.3, 0.4) is 0 Å². The molecule has 1 aliphatic heterocycles. The molecule has 1 unspecified atom stereocenters. The van der Waals surface area contributed by atoms with E-state index in [2.05, 4.69) is 35.6 Å². The largest absolute Gasteiger partial charge is 0.383 e. The summed E-state index contributed by atoms with van der Waals surface area (Å²) in [5.74, 6) is 2.05. The molecule has 94 valence electrons. The van der Waals surface area contributed by atoms with Crippen LogP contribution in [0.1, 0.15) is 51.5 Å². The van der Waals surface area contributed by atoms with Gasteiger partial charge in [0, 0.05) is 18.2 Å². The third-order valence-electron chi connectivity index (χ3n) is 3.59. The quantitative estimate of drug-likeness (QED) is 0.873. The van der Waals surface area contributed by atoms with Crippen molar-refractivity contribution in [3.8, 4) is 0 Å². The Hall–Kier alpha value is -1.32.